The Morgan fingerprint density at radius 3 is 2.86 bits per heavy atom. The van der Waals surface area contributed by atoms with Gasteiger partial charge in [-0.15, -0.1) is 0 Å². The zero-order valence-corrected chi connectivity index (χ0v) is 16.3. The monoisotopic (exact) mass is 386 g/mol. The molecule has 0 fully saturated rings. The van der Waals surface area contributed by atoms with Gasteiger partial charge < -0.3 is 20.5 Å². The van der Waals surface area contributed by atoms with Crippen molar-refractivity contribution in [2.24, 2.45) is 0 Å². The normalized spacial score (nSPS) is 14.1. The van der Waals surface area contributed by atoms with E-state index in [0.717, 1.165) is 16.9 Å². The van der Waals surface area contributed by atoms with Crippen molar-refractivity contribution in [1.82, 2.24) is 14.9 Å². The second-order valence-electron chi connectivity index (χ2n) is 7.30. The SMILES string of the molecule is CC(C)Nc1cc(C#N)ccc1NC(=O)NCC1c2ccccc2-c2cncn21. The summed E-state index contributed by atoms with van der Waals surface area (Å²) >= 11 is 0. The molecule has 0 aliphatic carbocycles. The van der Waals surface area contributed by atoms with Crippen molar-refractivity contribution in [2.75, 3.05) is 17.2 Å². The van der Waals surface area contributed by atoms with Crippen molar-refractivity contribution >= 4 is 17.4 Å². The van der Waals surface area contributed by atoms with E-state index in [1.54, 1.807) is 24.5 Å². The molecule has 7 nitrogen and oxygen atoms in total. The number of nitrogens with one attached hydrogen (secondary N) is 3. The van der Waals surface area contributed by atoms with E-state index in [9.17, 15) is 4.79 Å². The Labute approximate surface area is 169 Å². The Balaban J connectivity index is 1.47. The summed E-state index contributed by atoms with van der Waals surface area (Å²) < 4.78 is 2.08. The lowest BCUT2D eigenvalue weighted by Gasteiger charge is -2.18. The summed E-state index contributed by atoms with van der Waals surface area (Å²) in [7, 11) is 0. The topological polar surface area (TPSA) is 94.8 Å². The molecule has 146 valence electrons. The standard InChI is InChI=1S/C22H22N6O/c1-14(2)26-19-9-15(10-23)7-8-18(19)27-22(29)25-12-21-17-6-4-3-5-16(17)20-11-24-13-28(20)21/h3-9,11,13-14,21,26H,12H2,1-2H3,(H2,25,27,29). The molecule has 3 N–H and O–H groups in total. The smallest absolute Gasteiger partial charge is 0.319 e. The average Bonchev–Trinajstić information content (AvgIpc) is 3.29. The third-order valence-corrected chi connectivity index (χ3v) is 4.89. The van der Waals surface area contributed by atoms with Gasteiger partial charge in [0.2, 0.25) is 0 Å². The predicted octanol–water partition coefficient (Wildman–Crippen LogP) is 3.97. The first-order valence-corrected chi connectivity index (χ1v) is 9.53. The lowest BCUT2D eigenvalue weighted by Crippen LogP contribution is -2.33. The van der Waals surface area contributed by atoms with Crippen LogP contribution in [0.4, 0.5) is 16.2 Å². The molecule has 29 heavy (non-hydrogen) atoms. The van der Waals surface area contributed by atoms with E-state index >= 15 is 0 Å². The number of rotatable bonds is 5. The van der Waals surface area contributed by atoms with Crippen molar-refractivity contribution in [2.45, 2.75) is 25.9 Å². The van der Waals surface area contributed by atoms with E-state index in [1.165, 1.54) is 5.56 Å². The van der Waals surface area contributed by atoms with E-state index in [4.69, 9.17) is 5.26 Å². The van der Waals surface area contributed by atoms with Crippen molar-refractivity contribution < 1.29 is 4.79 Å². The molecule has 1 aliphatic heterocycles. The lowest BCUT2D eigenvalue weighted by molar-refractivity contribution is 0.251. The van der Waals surface area contributed by atoms with Gasteiger partial charge in [0.25, 0.3) is 0 Å². The number of anilines is 2. The Hall–Kier alpha value is -3.79. The van der Waals surface area contributed by atoms with Gasteiger partial charge in [-0.2, -0.15) is 5.26 Å². The van der Waals surface area contributed by atoms with Gasteiger partial charge in [0.05, 0.1) is 47.3 Å². The van der Waals surface area contributed by atoms with E-state index < -0.39 is 0 Å². The minimum Gasteiger partial charge on any atom is -0.381 e. The molecule has 1 aliphatic rings. The quantitative estimate of drug-likeness (QED) is 0.618. The Kier molecular flexibility index (Phi) is 4.92. The number of aromatic nitrogens is 2. The molecule has 0 saturated heterocycles. The highest BCUT2D eigenvalue weighted by atomic mass is 16.2. The molecular weight excluding hydrogens is 364 g/mol. The lowest BCUT2D eigenvalue weighted by atomic mass is 10.0. The Morgan fingerprint density at radius 1 is 1.24 bits per heavy atom. The molecular formula is C22H22N6O. The fourth-order valence-electron chi connectivity index (χ4n) is 3.65. The molecule has 2 amide bonds. The summed E-state index contributed by atoms with van der Waals surface area (Å²) in [4.78, 5) is 16.8. The number of nitriles is 1. The van der Waals surface area contributed by atoms with Crippen LogP contribution in [0.5, 0.6) is 0 Å². The summed E-state index contributed by atoms with van der Waals surface area (Å²) in [6, 6.07) is 15.3. The molecule has 0 bridgehead atoms. The molecule has 1 atom stereocenters. The maximum Gasteiger partial charge on any atom is 0.319 e. The zero-order chi connectivity index (χ0) is 20.4. The summed E-state index contributed by atoms with van der Waals surface area (Å²) in [5.41, 5.74) is 5.26. The zero-order valence-electron chi connectivity index (χ0n) is 16.3. The second kappa shape index (κ2) is 7.68. The fraction of sp³-hybridized carbons (Fsp3) is 0.227. The van der Waals surface area contributed by atoms with Crippen molar-refractivity contribution in [3.05, 3.63) is 66.1 Å². The van der Waals surface area contributed by atoms with Crippen LogP contribution >= 0.6 is 0 Å². The largest absolute Gasteiger partial charge is 0.381 e. The van der Waals surface area contributed by atoms with Crippen LogP contribution < -0.4 is 16.0 Å². The molecule has 7 heteroatoms. The molecule has 1 unspecified atom stereocenters. The highest BCUT2D eigenvalue weighted by molar-refractivity contribution is 5.93. The summed E-state index contributed by atoms with van der Waals surface area (Å²) in [6.45, 7) is 4.45. The minimum absolute atomic E-state index is 0.00340. The van der Waals surface area contributed by atoms with Crippen LogP contribution in [0.15, 0.2) is 55.0 Å². The number of urea groups is 1. The average molecular weight is 386 g/mol. The first-order valence-electron chi connectivity index (χ1n) is 9.53. The van der Waals surface area contributed by atoms with Crippen LogP contribution in [0, 0.1) is 11.3 Å². The Bertz CT molecular complexity index is 1090. The number of imidazole rings is 1. The number of carbonyl (C=O) groups is 1. The summed E-state index contributed by atoms with van der Waals surface area (Å²) in [5.74, 6) is 0. The van der Waals surface area contributed by atoms with E-state index in [0.29, 0.717) is 17.8 Å². The fourth-order valence-corrected chi connectivity index (χ4v) is 3.65. The van der Waals surface area contributed by atoms with Gasteiger partial charge in [-0.3, -0.25) is 0 Å². The number of carbonyl (C=O) groups excluding carboxylic acids is 1. The van der Waals surface area contributed by atoms with Crippen molar-refractivity contribution in [1.29, 1.82) is 5.26 Å². The van der Waals surface area contributed by atoms with Crippen molar-refractivity contribution in [3.8, 4) is 17.3 Å². The highest BCUT2D eigenvalue weighted by Crippen LogP contribution is 2.38. The molecule has 0 saturated carbocycles. The molecule has 2 heterocycles. The number of benzene rings is 2. The van der Waals surface area contributed by atoms with E-state index in [-0.39, 0.29) is 18.1 Å². The van der Waals surface area contributed by atoms with Crippen molar-refractivity contribution in [3.63, 3.8) is 0 Å². The third kappa shape index (κ3) is 3.65. The molecule has 4 rings (SSSR count). The second-order valence-corrected chi connectivity index (χ2v) is 7.30. The summed E-state index contributed by atoms with van der Waals surface area (Å²) in [5, 5.41) is 18.2. The van der Waals surface area contributed by atoms with E-state index in [2.05, 4.69) is 43.7 Å². The van der Waals surface area contributed by atoms with Crippen LogP contribution in [0.3, 0.4) is 0 Å². The van der Waals surface area contributed by atoms with E-state index in [1.807, 2.05) is 32.2 Å². The minimum atomic E-state index is -0.299. The molecule has 0 radical (unpaired) electrons. The maximum atomic E-state index is 12.6. The van der Waals surface area contributed by atoms with Gasteiger partial charge in [-0.25, -0.2) is 9.78 Å². The molecule has 2 aromatic carbocycles. The first kappa shape index (κ1) is 18.6. The maximum absolute atomic E-state index is 12.6. The van der Waals surface area contributed by atoms with Crippen LogP contribution in [0.2, 0.25) is 0 Å². The van der Waals surface area contributed by atoms with Gasteiger partial charge in [-0.1, -0.05) is 24.3 Å². The number of nitrogens with zero attached hydrogens (tertiary/aromatic N) is 3. The van der Waals surface area contributed by atoms with Gasteiger partial charge in [0, 0.05) is 18.2 Å². The van der Waals surface area contributed by atoms with Crippen LogP contribution in [-0.2, 0) is 0 Å². The number of fused-ring (bicyclic) bond motifs is 3. The van der Waals surface area contributed by atoms with Gasteiger partial charge >= 0.3 is 6.03 Å². The molecule has 1 aromatic heterocycles. The van der Waals surface area contributed by atoms with Gasteiger partial charge in [0.15, 0.2) is 0 Å². The molecule has 0 spiro atoms. The summed E-state index contributed by atoms with van der Waals surface area (Å²) in [6.07, 6.45) is 3.64. The van der Waals surface area contributed by atoms with Crippen LogP contribution in [-0.4, -0.2) is 28.2 Å². The van der Waals surface area contributed by atoms with Crippen LogP contribution in [0.25, 0.3) is 11.3 Å². The number of hydrogen-bond donors (Lipinski definition) is 3. The number of hydrogen-bond acceptors (Lipinski definition) is 4. The number of amides is 2. The molecule has 3 aromatic rings. The predicted molar refractivity (Wildman–Crippen MR) is 113 cm³/mol. The first-order chi connectivity index (χ1) is 14.1. The van der Waals surface area contributed by atoms with Gasteiger partial charge in [-0.05, 0) is 37.6 Å². The third-order valence-electron chi connectivity index (χ3n) is 4.89. The highest BCUT2D eigenvalue weighted by Gasteiger charge is 2.28. The van der Waals surface area contributed by atoms with Gasteiger partial charge in [0.1, 0.15) is 0 Å². The Morgan fingerprint density at radius 2 is 2.07 bits per heavy atom. The van der Waals surface area contributed by atoms with Crippen LogP contribution in [0.1, 0.15) is 31.0 Å².